The smallest absolute Gasteiger partial charge is 0.322 e. The summed E-state index contributed by atoms with van der Waals surface area (Å²) in [5.74, 6) is 1.15. The number of carbonyl (C=O) groups is 1. The number of hydrogen-bond donors (Lipinski definition) is 1. The van der Waals surface area contributed by atoms with E-state index in [0.717, 1.165) is 25.5 Å². The van der Waals surface area contributed by atoms with Crippen LogP contribution in [0.15, 0.2) is 0 Å². The van der Waals surface area contributed by atoms with Crippen molar-refractivity contribution in [2.75, 3.05) is 25.0 Å². The van der Waals surface area contributed by atoms with Crippen LogP contribution in [0, 0.1) is 6.92 Å². The van der Waals surface area contributed by atoms with Crippen LogP contribution in [-0.2, 0) is 7.05 Å². The Balaban J connectivity index is 1.94. The molecule has 0 aliphatic carbocycles. The first-order valence-electron chi connectivity index (χ1n) is 7.07. The molecule has 1 aliphatic rings. The summed E-state index contributed by atoms with van der Waals surface area (Å²) >= 11 is 0. The van der Waals surface area contributed by atoms with E-state index in [-0.39, 0.29) is 6.03 Å². The highest BCUT2D eigenvalue weighted by Crippen LogP contribution is 2.13. The van der Waals surface area contributed by atoms with Gasteiger partial charge in [0.05, 0.1) is 0 Å². The zero-order valence-corrected chi connectivity index (χ0v) is 12.9. The van der Waals surface area contributed by atoms with Gasteiger partial charge in [-0.1, -0.05) is 0 Å². The fraction of sp³-hybridized carbons (Fsp3) is 0.769. The Hall–Kier alpha value is -1.63. The lowest BCUT2D eigenvalue weighted by atomic mass is 10.1. The Morgan fingerprint density at radius 2 is 2.10 bits per heavy atom. The molecule has 1 fully saturated rings. The van der Waals surface area contributed by atoms with E-state index in [2.05, 4.69) is 41.1 Å². The van der Waals surface area contributed by atoms with Crippen LogP contribution >= 0.6 is 0 Å². The van der Waals surface area contributed by atoms with E-state index < -0.39 is 0 Å². The number of urea groups is 1. The maximum Gasteiger partial charge on any atom is 0.324 e. The topological polar surface area (TPSA) is 66.3 Å². The maximum absolute atomic E-state index is 12.2. The largest absolute Gasteiger partial charge is 0.324 e. The number of anilines is 1. The molecule has 2 amide bonds. The van der Waals surface area contributed by atoms with Crippen molar-refractivity contribution < 1.29 is 4.79 Å². The second kappa shape index (κ2) is 5.78. The lowest BCUT2D eigenvalue weighted by molar-refractivity contribution is 0.0789. The Morgan fingerprint density at radius 3 is 2.60 bits per heavy atom. The van der Waals surface area contributed by atoms with Crippen molar-refractivity contribution in [1.29, 1.82) is 0 Å². The molecule has 7 heteroatoms. The third kappa shape index (κ3) is 3.09. The highest BCUT2D eigenvalue weighted by molar-refractivity contribution is 5.87. The van der Waals surface area contributed by atoms with E-state index in [4.69, 9.17) is 0 Å². The van der Waals surface area contributed by atoms with E-state index in [9.17, 15) is 4.79 Å². The van der Waals surface area contributed by atoms with Crippen LogP contribution in [0.5, 0.6) is 0 Å². The Morgan fingerprint density at radius 1 is 1.40 bits per heavy atom. The second-order valence-corrected chi connectivity index (χ2v) is 5.66. The molecule has 112 valence electrons. The number of aryl methyl sites for hydroxylation is 2. The molecule has 1 aliphatic heterocycles. The lowest BCUT2D eigenvalue weighted by Gasteiger charge is -2.41. The van der Waals surface area contributed by atoms with Gasteiger partial charge >= 0.3 is 6.03 Å². The number of aromatic nitrogens is 3. The van der Waals surface area contributed by atoms with E-state index >= 15 is 0 Å². The van der Waals surface area contributed by atoms with Gasteiger partial charge in [-0.3, -0.25) is 14.9 Å². The summed E-state index contributed by atoms with van der Waals surface area (Å²) in [6, 6.07) is 0.758. The monoisotopic (exact) mass is 280 g/mol. The third-order valence-corrected chi connectivity index (χ3v) is 3.83. The third-order valence-electron chi connectivity index (χ3n) is 3.83. The molecule has 20 heavy (non-hydrogen) atoms. The zero-order chi connectivity index (χ0) is 14.9. The highest BCUT2D eigenvalue weighted by atomic mass is 16.2. The molecule has 7 nitrogen and oxygen atoms in total. The summed E-state index contributed by atoms with van der Waals surface area (Å²) in [5, 5.41) is 6.91. The van der Waals surface area contributed by atoms with Crippen LogP contribution in [0.1, 0.15) is 26.6 Å². The van der Waals surface area contributed by atoms with Gasteiger partial charge in [-0.15, -0.1) is 5.10 Å². The molecular formula is C13H24N6O. The predicted octanol–water partition coefficient (Wildman–Crippen LogP) is 1.07. The normalized spacial score (nSPS) is 20.5. The fourth-order valence-corrected chi connectivity index (χ4v) is 2.61. The number of piperazine rings is 1. The van der Waals surface area contributed by atoms with Crippen molar-refractivity contribution in [3.8, 4) is 0 Å². The maximum atomic E-state index is 12.2. The van der Waals surface area contributed by atoms with Gasteiger partial charge in [0.2, 0.25) is 5.95 Å². The minimum Gasteiger partial charge on any atom is -0.322 e. The molecule has 0 bridgehead atoms. The van der Waals surface area contributed by atoms with Gasteiger partial charge in [-0.2, -0.15) is 4.98 Å². The van der Waals surface area contributed by atoms with E-state index in [1.54, 1.807) is 4.68 Å². The number of rotatable bonds is 2. The SMILES string of the molecule is Cc1nc(NC(=O)N2CCN(C(C)C)C(C)C2)nn1C. The van der Waals surface area contributed by atoms with Crippen LogP contribution in [0.25, 0.3) is 0 Å². The molecule has 0 aromatic carbocycles. The summed E-state index contributed by atoms with van der Waals surface area (Å²) in [6.07, 6.45) is 0. The van der Waals surface area contributed by atoms with E-state index in [1.165, 1.54) is 0 Å². The second-order valence-electron chi connectivity index (χ2n) is 5.66. The van der Waals surface area contributed by atoms with Crippen LogP contribution in [0.4, 0.5) is 10.7 Å². The van der Waals surface area contributed by atoms with Gasteiger partial charge in [-0.25, -0.2) is 4.79 Å². The van der Waals surface area contributed by atoms with Gasteiger partial charge in [-0.05, 0) is 27.7 Å². The fourth-order valence-electron chi connectivity index (χ4n) is 2.61. The Bertz CT molecular complexity index is 464. The van der Waals surface area contributed by atoms with E-state index in [0.29, 0.717) is 18.0 Å². The molecule has 2 rings (SSSR count). The minimum atomic E-state index is -0.120. The number of nitrogens with zero attached hydrogens (tertiary/aromatic N) is 5. The van der Waals surface area contributed by atoms with E-state index in [1.807, 2.05) is 18.9 Å². The van der Waals surface area contributed by atoms with Gasteiger partial charge < -0.3 is 4.90 Å². The Kier molecular flexibility index (Phi) is 4.27. The molecule has 1 atom stereocenters. The van der Waals surface area contributed by atoms with Crippen molar-refractivity contribution >= 4 is 12.0 Å². The number of carbonyl (C=O) groups excluding carboxylic acids is 1. The predicted molar refractivity (Wildman–Crippen MR) is 77.6 cm³/mol. The number of hydrogen-bond acceptors (Lipinski definition) is 4. The van der Waals surface area contributed by atoms with Crippen molar-refractivity contribution in [2.24, 2.45) is 7.05 Å². The lowest BCUT2D eigenvalue weighted by Crippen LogP contribution is -2.56. The van der Waals surface area contributed by atoms with Crippen molar-refractivity contribution in [2.45, 2.75) is 39.8 Å². The zero-order valence-electron chi connectivity index (χ0n) is 12.9. The first-order valence-corrected chi connectivity index (χ1v) is 7.07. The van der Waals surface area contributed by atoms with Gasteiger partial charge in [0.25, 0.3) is 0 Å². The summed E-state index contributed by atoms with van der Waals surface area (Å²) < 4.78 is 1.65. The molecule has 2 heterocycles. The van der Waals surface area contributed by atoms with Crippen molar-refractivity contribution in [3.05, 3.63) is 5.82 Å². The first kappa shape index (κ1) is 14.8. The molecule has 0 spiro atoms. The van der Waals surface area contributed by atoms with Crippen LogP contribution < -0.4 is 5.32 Å². The highest BCUT2D eigenvalue weighted by Gasteiger charge is 2.28. The summed E-state index contributed by atoms with van der Waals surface area (Å²) in [5.41, 5.74) is 0. The molecule has 1 aromatic heterocycles. The van der Waals surface area contributed by atoms with Crippen LogP contribution in [0.2, 0.25) is 0 Å². The molecule has 1 unspecified atom stereocenters. The molecule has 1 aromatic rings. The minimum absolute atomic E-state index is 0.120. The Labute approximate surface area is 119 Å². The molecular weight excluding hydrogens is 256 g/mol. The van der Waals surface area contributed by atoms with Crippen molar-refractivity contribution in [1.82, 2.24) is 24.6 Å². The number of nitrogens with one attached hydrogen (secondary N) is 1. The number of amides is 2. The molecule has 0 saturated carbocycles. The molecule has 1 N–H and O–H groups in total. The van der Waals surface area contributed by atoms with Crippen molar-refractivity contribution in [3.63, 3.8) is 0 Å². The molecule has 1 saturated heterocycles. The first-order chi connectivity index (χ1) is 9.38. The summed E-state index contributed by atoms with van der Waals surface area (Å²) in [4.78, 5) is 20.6. The quantitative estimate of drug-likeness (QED) is 0.880. The van der Waals surface area contributed by atoms with Crippen LogP contribution in [-0.4, -0.2) is 62.3 Å². The summed E-state index contributed by atoms with van der Waals surface area (Å²) in [7, 11) is 1.81. The van der Waals surface area contributed by atoms with Gasteiger partial charge in [0.1, 0.15) is 5.82 Å². The van der Waals surface area contributed by atoms with Gasteiger partial charge in [0.15, 0.2) is 0 Å². The van der Waals surface area contributed by atoms with Crippen LogP contribution in [0.3, 0.4) is 0 Å². The average molecular weight is 280 g/mol. The standard InChI is InChI=1S/C13H24N6O/c1-9(2)19-7-6-18(8-10(19)3)13(20)15-12-14-11(4)17(5)16-12/h9-10H,6-8H2,1-5H3,(H,15,16,20). The molecule has 0 radical (unpaired) electrons. The van der Waals surface area contributed by atoms with Gasteiger partial charge in [0, 0.05) is 38.8 Å². The average Bonchev–Trinajstić information content (AvgIpc) is 2.67. The summed E-state index contributed by atoms with van der Waals surface area (Å²) in [6.45, 7) is 10.8.